The summed E-state index contributed by atoms with van der Waals surface area (Å²) in [6.07, 6.45) is 38.7. The molecule has 0 aliphatic heterocycles. The van der Waals surface area contributed by atoms with Crippen molar-refractivity contribution in [1.82, 2.24) is 0 Å². The predicted molar refractivity (Wildman–Crippen MR) is 170 cm³/mol. The van der Waals surface area contributed by atoms with Crippen molar-refractivity contribution in [3.05, 3.63) is 29.8 Å². The summed E-state index contributed by atoms with van der Waals surface area (Å²) in [5.74, 6) is 0. The highest BCUT2D eigenvalue weighted by Gasteiger charge is 2.09. The van der Waals surface area contributed by atoms with E-state index in [0.717, 1.165) is 18.4 Å². The van der Waals surface area contributed by atoms with Crippen LogP contribution in [0.25, 0.3) is 0 Å². The number of hydrogen-bond donors (Lipinski definition) is 1. The van der Waals surface area contributed by atoms with Crippen molar-refractivity contribution < 1.29 is 13.0 Å². The topological polar surface area (TPSA) is 54.4 Å². The van der Waals surface area contributed by atoms with E-state index in [4.69, 9.17) is 4.55 Å². The first-order chi connectivity index (χ1) is 19.0. The number of benzene rings is 1. The fourth-order valence-electron chi connectivity index (χ4n) is 5.68. The molecular formula is C35H64O3S. The van der Waals surface area contributed by atoms with Crippen LogP contribution in [0.2, 0.25) is 0 Å². The summed E-state index contributed by atoms with van der Waals surface area (Å²) in [6.45, 7) is 2.30. The zero-order chi connectivity index (χ0) is 28.3. The van der Waals surface area contributed by atoms with E-state index in [1.54, 1.807) is 12.1 Å². The van der Waals surface area contributed by atoms with E-state index in [1.807, 2.05) is 6.07 Å². The molecular weight excluding hydrogens is 500 g/mol. The van der Waals surface area contributed by atoms with Gasteiger partial charge in [-0.15, -0.1) is 0 Å². The van der Waals surface area contributed by atoms with Crippen LogP contribution >= 0.6 is 0 Å². The van der Waals surface area contributed by atoms with Crippen molar-refractivity contribution in [3.8, 4) is 0 Å². The zero-order valence-electron chi connectivity index (χ0n) is 25.8. The van der Waals surface area contributed by atoms with E-state index in [1.165, 1.54) is 173 Å². The predicted octanol–water partition coefficient (Wildman–Crippen LogP) is 12.0. The lowest BCUT2D eigenvalue weighted by Gasteiger charge is -2.05. The summed E-state index contributed by atoms with van der Waals surface area (Å²) >= 11 is 0. The number of rotatable bonds is 29. The van der Waals surface area contributed by atoms with Gasteiger partial charge >= 0.3 is 0 Å². The van der Waals surface area contributed by atoms with E-state index in [-0.39, 0.29) is 4.90 Å². The molecule has 4 heteroatoms. The highest BCUT2D eigenvalue weighted by molar-refractivity contribution is 7.85. The number of hydrogen-bond acceptors (Lipinski definition) is 2. The van der Waals surface area contributed by atoms with Crippen LogP contribution in [0.3, 0.4) is 0 Å². The average molecular weight is 565 g/mol. The molecule has 1 N–H and O–H groups in total. The SMILES string of the molecule is CCCCCCCCCCCCCCCCCCCCCCCCCCCCCc1cccc(S(=O)(=O)O)c1. The minimum absolute atomic E-state index is 0.00465. The molecule has 0 spiro atoms. The lowest BCUT2D eigenvalue weighted by atomic mass is 10.0. The minimum Gasteiger partial charge on any atom is -0.282 e. The van der Waals surface area contributed by atoms with Crippen LogP contribution < -0.4 is 0 Å². The van der Waals surface area contributed by atoms with Crippen LogP contribution in [0, 0.1) is 0 Å². The standard InChI is InChI=1S/C35H64O3S/c1-2-3-4-5-6-7-8-9-10-11-12-13-14-15-16-17-18-19-20-21-22-23-24-25-26-27-28-30-34-31-29-32-35(33-34)39(36,37)38/h29,31-33H,2-28,30H2,1H3,(H,36,37,38). The van der Waals surface area contributed by atoms with Crippen LogP contribution in [0.15, 0.2) is 29.2 Å². The Morgan fingerprint density at radius 3 is 1.10 bits per heavy atom. The minimum atomic E-state index is -4.09. The highest BCUT2D eigenvalue weighted by Crippen LogP contribution is 2.17. The molecule has 0 unspecified atom stereocenters. The molecule has 0 saturated carbocycles. The molecule has 0 aromatic heterocycles. The van der Waals surface area contributed by atoms with Crippen LogP contribution in [-0.4, -0.2) is 13.0 Å². The monoisotopic (exact) mass is 564 g/mol. The Balaban J connectivity index is 1.72. The summed E-state index contributed by atoms with van der Waals surface area (Å²) in [5, 5.41) is 0. The molecule has 228 valence electrons. The van der Waals surface area contributed by atoms with Gasteiger partial charge in [0.25, 0.3) is 10.1 Å². The van der Waals surface area contributed by atoms with Gasteiger partial charge < -0.3 is 0 Å². The first-order valence-corrected chi connectivity index (χ1v) is 18.5. The molecule has 0 aliphatic carbocycles. The smallest absolute Gasteiger partial charge is 0.282 e. The van der Waals surface area contributed by atoms with Crippen molar-refractivity contribution in [2.75, 3.05) is 0 Å². The zero-order valence-corrected chi connectivity index (χ0v) is 26.6. The molecule has 1 aromatic rings. The lowest BCUT2D eigenvalue weighted by Crippen LogP contribution is -1.98. The summed E-state index contributed by atoms with van der Waals surface area (Å²) in [5.41, 5.74) is 0.990. The molecule has 0 heterocycles. The van der Waals surface area contributed by atoms with Crippen molar-refractivity contribution in [2.45, 2.75) is 192 Å². The Kier molecular flexibility index (Phi) is 24.2. The molecule has 0 bridgehead atoms. The second-order valence-corrected chi connectivity index (χ2v) is 13.5. The van der Waals surface area contributed by atoms with E-state index in [2.05, 4.69) is 6.92 Å². The van der Waals surface area contributed by atoms with Gasteiger partial charge in [0, 0.05) is 0 Å². The summed E-state index contributed by atoms with van der Waals surface area (Å²) in [4.78, 5) is 0.00465. The maximum atomic E-state index is 11.2. The van der Waals surface area contributed by atoms with Gasteiger partial charge in [-0.1, -0.05) is 186 Å². The lowest BCUT2D eigenvalue weighted by molar-refractivity contribution is 0.483. The van der Waals surface area contributed by atoms with Gasteiger partial charge in [-0.3, -0.25) is 4.55 Å². The largest absolute Gasteiger partial charge is 0.294 e. The van der Waals surface area contributed by atoms with Crippen LogP contribution in [0.1, 0.15) is 186 Å². The van der Waals surface area contributed by atoms with E-state index >= 15 is 0 Å². The van der Waals surface area contributed by atoms with Gasteiger partial charge in [-0.2, -0.15) is 8.42 Å². The highest BCUT2D eigenvalue weighted by atomic mass is 32.2. The van der Waals surface area contributed by atoms with E-state index in [0.29, 0.717) is 0 Å². The molecule has 1 rings (SSSR count). The van der Waals surface area contributed by atoms with Gasteiger partial charge in [-0.05, 0) is 30.5 Å². The summed E-state index contributed by atoms with van der Waals surface area (Å²) in [6, 6.07) is 6.69. The first-order valence-electron chi connectivity index (χ1n) is 17.1. The third-order valence-electron chi connectivity index (χ3n) is 8.27. The maximum absolute atomic E-state index is 11.2. The Morgan fingerprint density at radius 1 is 0.487 bits per heavy atom. The van der Waals surface area contributed by atoms with Gasteiger partial charge in [0.05, 0.1) is 4.90 Å². The summed E-state index contributed by atoms with van der Waals surface area (Å²) < 4.78 is 31.6. The second-order valence-electron chi connectivity index (χ2n) is 12.1. The quantitative estimate of drug-likeness (QED) is 0.0777. The molecule has 39 heavy (non-hydrogen) atoms. The fraction of sp³-hybridized carbons (Fsp3) is 0.829. The van der Waals surface area contributed by atoms with Crippen molar-refractivity contribution in [3.63, 3.8) is 0 Å². The van der Waals surface area contributed by atoms with Crippen LogP contribution in [-0.2, 0) is 16.5 Å². The van der Waals surface area contributed by atoms with Crippen molar-refractivity contribution >= 4 is 10.1 Å². The Bertz CT molecular complexity index is 759. The second kappa shape index (κ2) is 26.1. The Labute approximate surface area is 244 Å². The van der Waals surface area contributed by atoms with E-state index in [9.17, 15) is 8.42 Å². The van der Waals surface area contributed by atoms with Crippen molar-refractivity contribution in [2.24, 2.45) is 0 Å². The third kappa shape index (κ3) is 23.5. The molecule has 3 nitrogen and oxygen atoms in total. The summed E-state index contributed by atoms with van der Waals surface area (Å²) in [7, 11) is -4.09. The first kappa shape index (κ1) is 36.2. The maximum Gasteiger partial charge on any atom is 0.294 e. The van der Waals surface area contributed by atoms with Gasteiger partial charge in [0.1, 0.15) is 0 Å². The van der Waals surface area contributed by atoms with Crippen LogP contribution in [0.5, 0.6) is 0 Å². The Morgan fingerprint density at radius 2 is 0.795 bits per heavy atom. The molecule has 0 atom stereocenters. The molecule has 0 radical (unpaired) electrons. The molecule has 0 aliphatic rings. The molecule has 0 fully saturated rings. The molecule has 0 amide bonds. The number of unbranched alkanes of at least 4 members (excludes halogenated alkanes) is 26. The van der Waals surface area contributed by atoms with Gasteiger partial charge in [0.2, 0.25) is 0 Å². The Hall–Kier alpha value is -0.870. The van der Waals surface area contributed by atoms with Gasteiger partial charge in [0.15, 0.2) is 0 Å². The normalized spacial score (nSPS) is 11.8. The third-order valence-corrected chi connectivity index (χ3v) is 9.11. The van der Waals surface area contributed by atoms with Gasteiger partial charge in [-0.25, -0.2) is 0 Å². The van der Waals surface area contributed by atoms with Crippen LogP contribution in [0.4, 0.5) is 0 Å². The fourth-order valence-corrected chi connectivity index (χ4v) is 6.23. The van der Waals surface area contributed by atoms with E-state index < -0.39 is 10.1 Å². The average Bonchev–Trinajstić information content (AvgIpc) is 2.92. The van der Waals surface area contributed by atoms with Crippen molar-refractivity contribution in [1.29, 1.82) is 0 Å². The molecule has 1 aromatic carbocycles. The molecule has 0 saturated heterocycles. The number of aryl methyl sites for hydroxylation is 1.